The van der Waals surface area contributed by atoms with Crippen LogP contribution < -0.4 is 9.80 Å². The van der Waals surface area contributed by atoms with Gasteiger partial charge in [-0.3, -0.25) is 9.69 Å². The lowest BCUT2D eigenvalue weighted by molar-refractivity contribution is -0.143. The first-order chi connectivity index (χ1) is 15.4. The van der Waals surface area contributed by atoms with Gasteiger partial charge in [-0.25, -0.2) is 22.0 Å². The third-order valence-electron chi connectivity index (χ3n) is 5.91. The molecule has 0 aromatic heterocycles. The van der Waals surface area contributed by atoms with E-state index >= 15 is 0 Å². The van der Waals surface area contributed by atoms with Gasteiger partial charge in [0.05, 0.1) is 22.3 Å². The van der Waals surface area contributed by atoms with Crippen LogP contribution in [0.2, 0.25) is 0 Å². The van der Waals surface area contributed by atoms with E-state index in [2.05, 4.69) is 0 Å². The second-order valence-corrected chi connectivity index (χ2v) is 10.6. The highest BCUT2D eigenvalue weighted by Gasteiger charge is 2.48. The van der Waals surface area contributed by atoms with Crippen molar-refractivity contribution in [2.75, 3.05) is 22.6 Å². The molecule has 0 radical (unpaired) electrons. The summed E-state index contributed by atoms with van der Waals surface area (Å²) in [5, 5.41) is 0. The second kappa shape index (κ2) is 8.09. The van der Waals surface area contributed by atoms with E-state index < -0.39 is 40.8 Å². The number of anilines is 2. The molecule has 4 rings (SSSR count). The van der Waals surface area contributed by atoms with Crippen molar-refractivity contribution in [3.8, 4) is 11.1 Å². The molecule has 0 saturated heterocycles. The third-order valence-corrected chi connectivity index (χ3v) is 7.04. The minimum absolute atomic E-state index is 0.144. The predicted octanol–water partition coefficient (Wildman–Crippen LogP) is 4.25. The van der Waals surface area contributed by atoms with Crippen molar-refractivity contribution in [1.29, 1.82) is 0 Å². The van der Waals surface area contributed by atoms with Crippen LogP contribution in [0.15, 0.2) is 47.4 Å². The van der Waals surface area contributed by atoms with Gasteiger partial charge in [0.1, 0.15) is 6.10 Å². The van der Waals surface area contributed by atoms with Crippen LogP contribution in [0, 0.1) is 0 Å². The first-order valence-corrected chi connectivity index (χ1v) is 12.4. The number of ether oxygens (including phenoxy) is 1. The van der Waals surface area contributed by atoms with Gasteiger partial charge >= 0.3 is 6.09 Å². The summed E-state index contributed by atoms with van der Waals surface area (Å²) in [5.41, 5.74) is 2.34. The van der Waals surface area contributed by atoms with Crippen LogP contribution in [-0.2, 0) is 19.4 Å². The normalized spacial score (nSPS) is 20.1. The number of rotatable bonds is 3. The number of alkyl halides is 2. The molecular weight excluding hydrogens is 454 g/mol. The van der Waals surface area contributed by atoms with Crippen LogP contribution in [0.5, 0.6) is 0 Å². The highest BCUT2D eigenvalue weighted by atomic mass is 32.2. The smallest absolute Gasteiger partial charge is 0.414 e. The zero-order valence-electron chi connectivity index (χ0n) is 18.4. The number of sulfone groups is 1. The van der Waals surface area contributed by atoms with Crippen molar-refractivity contribution in [3.05, 3.63) is 42.5 Å². The van der Waals surface area contributed by atoms with E-state index in [0.717, 1.165) is 6.26 Å². The lowest BCUT2D eigenvalue weighted by Gasteiger charge is -2.42. The van der Waals surface area contributed by atoms with Crippen molar-refractivity contribution in [2.45, 2.75) is 49.7 Å². The molecule has 10 heteroatoms. The topological polar surface area (TPSA) is 84.0 Å². The molecule has 1 atom stereocenters. The molecule has 2 aromatic rings. The first kappa shape index (κ1) is 23.2. The highest BCUT2D eigenvalue weighted by Crippen LogP contribution is 2.42. The zero-order valence-corrected chi connectivity index (χ0v) is 19.2. The summed E-state index contributed by atoms with van der Waals surface area (Å²) in [6, 6.07) is 11.2. The number of halogens is 2. The third kappa shape index (κ3) is 4.57. The van der Waals surface area contributed by atoms with Crippen LogP contribution in [-0.4, -0.2) is 51.3 Å². The summed E-state index contributed by atoms with van der Waals surface area (Å²) in [7, 11) is -3.34. The first-order valence-electron chi connectivity index (χ1n) is 10.5. The largest absolute Gasteiger partial charge is 0.445 e. The number of carbonyl (C=O) groups excluding carboxylic acids is 2. The Morgan fingerprint density at radius 2 is 1.64 bits per heavy atom. The van der Waals surface area contributed by atoms with E-state index in [0.29, 0.717) is 22.5 Å². The van der Waals surface area contributed by atoms with E-state index in [1.165, 1.54) is 24.0 Å². The molecule has 1 aliphatic heterocycles. The minimum atomic E-state index is -3.34. The van der Waals surface area contributed by atoms with Crippen LogP contribution in [0.4, 0.5) is 25.0 Å². The molecule has 1 saturated carbocycles. The van der Waals surface area contributed by atoms with Gasteiger partial charge in [-0.05, 0) is 42.3 Å². The fraction of sp³-hybridized carbons (Fsp3) is 0.391. The Balaban J connectivity index is 1.69. The molecule has 0 bridgehead atoms. The van der Waals surface area contributed by atoms with E-state index in [9.17, 15) is 26.8 Å². The molecule has 1 heterocycles. The van der Waals surface area contributed by atoms with Crippen LogP contribution >= 0.6 is 0 Å². The number of nitrogens with zero attached hydrogens (tertiary/aromatic N) is 2. The van der Waals surface area contributed by atoms with Crippen LogP contribution in [0.3, 0.4) is 0 Å². The number of amides is 2. The van der Waals surface area contributed by atoms with Gasteiger partial charge in [0.2, 0.25) is 5.91 Å². The Bertz CT molecular complexity index is 1210. The molecule has 2 amide bonds. The Morgan fingerprint density at radius 3 is 2.18 bits per heavy atom. The van der Waals surface area contributed by atoms with Gasteiger partial charge in [0, 0.05) is 32.6 Å². The Labute approximate surface area is 190 Å². The maximum Gasteiger partial charge on any atom is 0.414 e. The summed E-state index contributed by atoms with van der Waals surface area (Å²) < 4.78 is 55.1. The number of hydrogen-bond donors (Lipinski definition) is 0. The van der Waals surface area contributed by atoms with Gasteiger partial charge in [-0.1, -0.05) is 18.2 Å². The van der Waals surface area contributed by atoms with E-state index in [-0.39, 0.29) is 23.4 Å². The molecule has 2 aliphatic rings. The Morgan fingerprint density at radius 1 is 1.03 bits per heavy atom. The van der Waals surface area contributed by atoms with Gasteiger partial charge in [-0.2, -0.15) is 0 Å². The van der Waals surface area contributed by atoms with E-state index in [4.69, 9.17) is 4.74 Å². The highest BCUT2D eigenvalue weighted by molar-refractivity contribution is 7.90. The summed E-state index contributed by atoms with van der Waals surface area (Å²) in [5.74, 6) is -3.00. The average molecular weight is 479 g/mol. The lowest BCUT2D eigenvalue weighted by atomic mass is 9.91. The van der Waals surface area contributed by atoms with Crippen molar-refractivity contribution in [1.82, 2.24) is 0 Å². The maximum absolute atomic E-state index is 13.2. The molecule has 0 N–H and O–H groups in total. The molecule has 7 nitrogen and oxygen atoms in total. The quantitative estimate of drug-likeness (QED) is 0.659. The standard InChI is InChI=1S/C23H24F2N2O5S/c1-14-13-26(22(29)32-18-11-23(24,25)12-18)21-10-17(6-9-20(21)27(14)15(2)28)16-4-7-19(8-5-16)33(3,30)31/h4-10,14,18H,11-13H2,1-3H3. The second-order valence-electron chi connectivity index (χ2n) is 8.62. The molecule has 0 spiro atoms. The van der Waals surface area contributed by atoms with Crippen LogP contribution in [0.25, 0.3) is 11.1 Å². The predicted molar refractivity (Wildman–Crippen MR) is 119 cm³/mol. The summed E-state index contributed by atoms with van der Waals surface area (Å²) in [6.45, 7) is 3.37. The Hall–Kier alpha value is -3.01. The number of carbonyl (C=O) groups is 2. The van der Waals surface area contributed by atoms with E-state index in [1.807, 2.05) is 0 Å². The summed E-state index contributed by atoms with van der Waals surface area (Å²) in [6.07, 6.45) is -1.46. The van der Waals surface area contributed by atoms with Gasteiger partial charge in [-0.15, -0.1) is 0 Å². The fourth-order valence-corrected chi connectivity index (χ4v) is 4.88. The average Bonchev–Trinajstić information content (AvgIpc) is 2.70. The molecule has 2 aromatic carbocycles. The molecule has 33 heavy (non-hydrogen) atoms. The van der Waals surface area contributed by atoms with Crippen molar-refractivity contribution >= 4 is 33.2 Å². The number of fused-ring (bicyclic) bond motifs is 1. The molecule has 1 unspecified atom stereocenters. The van der Waals surface area contributed by atoms with Gasteiger partial charge in [0.25, 0.3) is 5.92 Å². The molecule has 176 valence electrons. The SMILES string of the molecule is CC(=O)N1c2ccc(-c3ccc(S(C)(=O)=O)cc3)cc2N(C(=O)OC2CC(F)(F)C2)CC1C. The molecule has 1 aliphatic carbocycles. The Kier molecular flexibility index (Phi) is 5.68. The fourth-order valence-electron chi connectivity index (χ4n) is 4.25. The van der Waals surface area contributed by atoms with Crippen molar-refractivity contribution in [3.63, 3.8) is 0 Å². The molecule has 1 fully saturated rings. The van der Waals surface area contributed by atoms with Gasteiger partial charge < -0.3 is 9.64 Å². The van der Waals surface area contributed by atoms with E-state index in [1.54, 1.807) is 42.2 Å². The summed E-state index contributed by atoms with van der Waals surface area (Å²) >= 11 is 0. The molecular formula is C23H24F2N2O5S. The van der Waals surface area contributed by atoms with Crippen molar-refractivity contribution in [2.24, 2.45) is 0 Å². The van der Waals surface area contributed by atoms with Gasteiger partial charge in [0.15, 0.2) is 9.84 Å². The van der Waals surface area contributed by atoms with Crippen molar-refractivity contribution < 1.29 is 31.5 Å². The zero-order chi connectivity index (χ0) is 24.1. The minimum Gasteiger partial charge on any atom is -0.445 e. The summed E-state index contributed by atoms with van der Waals surface area (Å²) in [4.78, 5) is 28.3. The number of hydrogen-bond acceptors (Lipinski definition) is 5. The van der Waals surface area contributed by atoms with Crippen LogP contribution in [0.1, 0.15) is 26.7 Å². The lowest BCUT2D eigenvalue weighted by Crippen LogP contribution is -2.53. The monoisotopic (exact) mass is 478 g/mol. The number of benzene rings is 2. The maximum atomic E-state index is 13.2.